The van der Waals surface area contributed by atoms with Crippen molar-refractivity contribution in [1.29, 1.82) is 0 Å². The predicted octanol–water partition coefficient (Wildman–Crippen LogP) is 2.85. The summed E-state index contributed by atoms with van der Waals surface area (Å²) in [5.41, 5.74) is -0.360. The summed E-state index contributed by atoms with van der Waals surface area (Å²) in [5, 5.41) is 0. The molecule has 0 saturated heterocycles. The molecule has 0 N–H and O–H groups in total. The van der Waals surface area contributed by atoms with Crippen LogP contribution in [-0.4, -0.2) is 17.7 Å². The second kappa shape index (κ2) is 6.37. The molecule has 0 aliphatic rings. The van der Waals surface area contributed by atoms with Crippen LogP contribution in [0.4, 0.5) is 0 Å². The van der Waals surface area contributed by atoms with Crippen LogP contribution >= 0.6 is 9.24 Å². The zero-order valence-corrected chi connectivity index (χ0v) is 11.5. The summed E-state index contributed by atoms with van der Waals surface area (Å²) in [7, 11) is 2.61. The van der Waals surface area contributed by atoms with Crippen LogP contribution in [0.15, 0.2) is 0 Å². The fraction of sp³-hybridized carbons (Fsp3) is 0.833. The van der Waals surface area contributed by atoms with Gasteiger partial charge in [0.1, 0.15) is 11.6 Å². The van der Waals surface area contributed by atoms with Gasteiger partial charge >= 0.3 is 0 Å². The second-order valence-electron chi connectivity index (χ2n) is 4.62. The molecule has 0 saturated carbocycles. The maximum Gasteiger partial charge on any atom is 0.138 e. The maximum atomic E-state index is 11.7. The van der Waals surface area contributed by atoms with E-state index in [1.807, 2.05) is 27.7 Å². The van der Waals surface area contributed by atoms with Gasteiger partial charge in [0.2, 0.25) is 0 Å². The molecule has 2 atom stereocenters. The Hall–Kier alpha value is -0.230. The Morgan fingerprint density at radius 2 is 1.73 bits per heavy atom. The van der Waals surface area contributed by atoms with Gasteiger partial charge in [0.05, 0.1) is 0 Å². The van der Waals surface area contributed by atoms with Gasteiger partial charge in [0.15, 0.2) is 0 Å². The smallest absolute Gasteiger partial charge is 0.138 e. The highest BCUT2D eigenvalue weighted by Gasteiger charge is 2.30. The number of hydrogen-bond acceptors (Lipinski definition) is 2. The van der Waals surface area contributed by atoms with Gasteiger partial charge < -0.3 is 0 Å². The van der Waals surface area contributed by atoms with Gasteiger partial charge in [-0.15, -0.1) is 9.24 Å². The van der Waals surface area contributed by atoms with Gasteiger partial charge in [-0.2, -0.15) is 0 Å². The van der Waals surface area contributed by atoms with Crippen LogP contribution in [0.5, 0.6) is 0 Å². The Kier molecular flexibility index (Phi) is 6.28. The molecule has 0 aromatic carbocycles. The first-order chi connectivity index (χ1) is 6.88. The lowest BCUT2D eigenvalue weighted by Crippen LogP contribution is -2.30. The summed E-state index contributed by atoms with van der Waals surface area (Å²) in [5.74, 6) is 0.530. The first kappa shape index (κ1) is 14.8. The minimum absolute atomic E-state index is 0.0190. The van der Waals surface area contributed by atoms with Crippen LogP contribution in [0.25, 0.3) is 0 Å². The molecule has 0 amide bonds. The van der Waals surface area contributed by atoms with Crippen molar-refractivity contribution >= 4 is 20.8 Å². The highest BCUT2D eigenvalue weighted by Crippen LogP contribution is 2.29. The van der Waals surface area contributed by atoms with Crippen molar-refractivity contribution in [1.82, 2.24) is 0 Å². The highest BCUT2D eigenvalue weighted by molar-refractivity contribution is 7.16. The van der Waals surface area contributed by atoms with Crippen LogP contribution in [0, 0.1) is 11.3 Å². The molecular formula is C12H23O2P. The minimum Gasteiger partial charge on any atom is -0.299 e. The SMILES string of the molecule is CCC(=O)C(CP)CC(C)(C)C(=O)CC. The first-order valence-corrected chi connectivity index (χ1v) is 6.46. The number of Topliss-reactive ketones (excluding diaryl/α,β-unsaturated/α-hetero) is 2. The van der Waals surface area contributed by atoms with Gasteiger partial charge in [-0.25, -0.2) is 0 Å². The van der Waals surface area contributed by atoms with Crippen molar-refractivity contribution < 1.29 is 9.59 Å². The Bertz CT molecular complexity index is 234. The Morgan fingerprint density at radius 1 is 1.20 bits per heavy atom. The van der Waals surface area contributed by atoms with Crippen molar-refractivity contribution in [3.63, 3.8) is 0 Å². The summed E-state index contributed by atoms with van der Waals surface area (Å²) >= 11 is 0. The lowest BCUT2D eigenvalue weighted by Gasteiger charge is -2.26. The number of carbonyl (C=O) groups is 2. The molecular weight excluding hydrogens is 207 g/mol. The fourth-order valence-electron chi connectivity index (χ4n) is 1.83. The van der Waals surface area contributed by atoms with E-state index >= 15 is 0 Å². The molecule has 2 nitrogen and oxygen atoms in total. The van der Waals surface area contributed by atoms with Crippen molar-refractivity contribution in [2.75, 3.05) is 6.16 Å². The number of ketones is 2. The van der Waals surface area contributed by atoms with Gasteiger partial charge in [-0.05, 0) is 12.6 Å². The summed E-state index contributed by atoms with van der Waals surface area (Å²) < 4.78 is 0. The van der Waals surface area contributed by atoms with E-state index < -0.39 is 0 Å². The van der Waals surface area contributed by atoms with E-state index in [1.54, 1.807) is 0 Å². The largest absolute Gasteiger partial charge is 0.299 e. The number of carbonyl (C=O) groups excluding carboxylic acids is 2. The summed E-state index contributed by atoms with van der Waals surface area (Å²) in [6, 6.07) is 0. The molecule has 0 fully saturated rings. The fourth-order valence-corrected chi connectivity index (χ4v) is 2.26. The molecule has 0 aromatic rings. The maximum absolute atomic E-state index is 11.7. The van der Waals surface area contributed by atoms with Crippen molar-refractivity contribution in [3.8, 4) is 0 Å². The van der Waals surface area contributed by atoms with E-state index in [0.29, 0.717) is 19.3 Å². The van der Waals surface area contributed by atoms with Crippen LogP contribution < -0.4 is 0 Å². The van der Waals surface area contributed by atoms with E-state index in [9.17, 15) is 9.59 Å². The van der Waals surface area contributed by atoms with Crippen LogP contribution in [0.2, 0.25) is 0 Å². The highest BCUT2D eigenvalue weighted by atomic mass is 31.0. The van der Waals surface area contributed by atoms with Gasteiger partial charge in [-0.1, -0.05) is 27.7 Å². The topological polar surface area (TPSA) is 34.1 Å². The normalized spacial score (nSPS) is 13.7. The van der Waals surface area contributed by atoms with E-state index in [2.05, 4.69) is 9.24 Å². The van der Waals surface area contributed by atoms with Gasteiger partial charge in [0.25, 0.3) is 0 Å². The molecule has 0 aliphatic heterocycles. The van der Waals surface area contributed by atoms with Crippen molar-refractivity contribution in [3.05, 3.63) is 0 Å². The minimum atomic E-state index is -0.360. The standard InChI is InChI=1S/C12H23O2P/c1-5-10(13)9(8-15)7-12(3,4)11(14)6-2/h9H,5-8,15H2,1-4H3. The van der Waals surface area contributed by atoms with Crippen LogP contribution in [0.3, 0.4) is 0 Å². The third-order valence-corrected chi connectivity index (χ3v) is 3.49. The molecule has 0 aliphatic carbocycles. The van der Waals surface area contributed by atoms with Gasteiger partial charge in [-0.3, -0.25) is 9.59 Å². The first-order valence-electron chi connectivity index (χ1n) is 5.65. The zero-order chi connectivity index (χ0) is 12.1. The molecule has 0 radical (unpaired) electrons. The van der Waals surface area contributed by atoms with Crippen LogP contribution in [-0.2, 0) is 9.59 Å². The molecule has 0 heterocycles. The molecule has 0 bridgehead atoms. The molecule has 2 unspecified atom stereocenters. The molecule has 15 heavy (non-hydrogen) atoms. The van der Waals surface area contributed by atoms with E-state index in [4.69, 9.17) is 0 Å². The Balaban J connectivity index is 4.53. The lowest BCUT2D eigenvalue weighted by molar-refractivity contribution is -0.129. The molecule has 3 heteroatoms. The monoisotopic (exact) mass is 230 g/mol. The van der Waals surface area contributed by atoms with Crippen molar-refractivity contribution in [2.24, 2.45) is 11.3 Å². The van der Waals surface area contributed by atoms with Gasteiger partial charge in [0, 0.05) is 24.2 Å². The molecule has 0 spiro atoms. The third-order valence-electron chi connectivity index (χ3n) is 2.92. The predicted molar refractivity (Wildman–Crippen MR) is 67.1 cm³/mol. The van der Waals surface area contributed by atoms with E-state index in [0.717, 1.165) is 6.16 Å². The number of hydrogen-bond donors (Lipinski definition) is 0. The Labute approximate surface area is 95.4 Å². The number of rotatable bonds is 7. The lowest BCUT2D eigenvalue weighted by atomic mass is 9.77. The Morgan fingerprint density at radius 3 is 2.07 bits per heavy atom. The van der Waals surface area contributed by atoms with E-state index in [-0.39, 0.29) is 22.9 Å². The molecule has 88 valence electrons. The zero-order valence-electron chi connectivity index (χ0n) is 10.3. The van der Waals surface area contributed by atoms with Crippen LogP contribution in [0.1, 0.15) is 47.0 Å². The van der Waals surface area contributed by atoms with E-state index in [1.165, 1.54) is 0 Å². The average Bonchev–Trinajstić information content (AvgIpc) is 2.23. The summed E-state index contributed by atoms with van der Waals surface area (Å²) in [6.45, 7) is 7.63. The summed E-state index contributed by atoms with van der Waals surface area (Å²) in [6.07, 6.45) is 2.55. The average molecular weight is 230 g/mol. The quantitative estimate of drug-likeness (QED) is 0.630. The third kappa shape index (κ3) is 4.42. The summed E-state index contributed by atoms with van der Waals surface area (Å²) in [4.78, 5) is 23.3. The van der Waals surface area contributed by atoms with Crippen molar-refractivity contribution in [2.45, 2.75) is 47.0 Å². The molecule has 0 aromatic heterocycles. The molecule has 0 rings (SSSR count). The second-order valence-corrected chi connectivity index (χ2v) is 5.09.